The summed E-state index contributed by atoms with van der Waals surface area (Å²) < 4.78 is 1.83. The van der Waals surface area contributed by atoms with E-state index in [9.17, 15) is 4.79 Å². The van der Waals surface area contributed by atoms with Crippen molar-refractivity contribution in [2.75, 3.05) is 42.9 Å². The Morgan fingerprint density at radius 3 is 2.47 bits per heavy atom. The number of piperazine rings is 1. The number of carbonyl (C=O) groups is 1. The molecule has 2 aromatic carbocycles. The van der Waals surface area contributed by atoms with E-state index in [0.29, 0.717) is 19.6 Å². The second kappa shape index (κ2) is 8.66. The van der Waals surface area contributed by atoms with Gasteiger partial charge in [0.15, 0.2) is 5.65 Å². The maximum absolute atomic E-state index is 12.7. The Hall–Kier alpha value is -3.94. The zero-order chi connectivity index (χ0) is 21.9. The van der Waals surface area contributed by atoms with Crippen LogP contribution in [0.2, 0.25) is 0 Å². The zero-order valence-corrected chi connectivity index (χ0v) is 18.0. The van der Waals surface area contributed by atoms with Gasteiger partial charge >= 0.3 is 0 Å². The average Bonchev–Trinajstić information content (AvgIpc) is 3.28. The van der Waals surface area contributed by atoms with Crippen LogP contribution in [0.5, 0.6) is 0 Å². The summed E-state index contributed by atoms with van der Waals surface area (Å²) in [5, 5.41) is 8.67. The van der Waals surface area contributed by atoms with E-state index >= 15 is 0 Å². The van der Waals surface area contributed by atoms with Crippen molar-refractivity contribution in [1.29, 1.82) is 0 Å². The van der Waals surface area contributed by atoms with E-state index in [1.165, 1.54) is 5.56 Å². The van der Waals surface area contributed by atoms with Crippen molar-refractivity contribution in [2.45, 2.75) is 6.92 Å². The van der Waals surface area contributed by atoms with Gasteiger partial charge in [-0.25, -0.2) is 14.6 Å². The minimum atomic E-state index is 0.106. The Bertz CT molecular complexity index is 1210. The topological polar surface area (TPSA) is 79.2 Å². The van der Waals surface area contributed by atoms with Crippen LogP contribution in [0.4, 0.5) is 11.5 Å². The average molecular weight is 428 g/mol. The maximum Gasteiger partial charge on any atom is 0.241 e. The number of nitrogens with zero attached hydrogens (tertiary/aromatic N) is 6. The van der Waals surface area contributed by atoms with Crippen LogP contribution < -0.4 is 10.2 Å². The third-order valence-electron chi connectivity index (χ3n) is 5.77. The van der Waals surface area contributed by atoms with E-state index in [4.69, 9.17) is 0 Å². The Labute approximate surface area is 186 Å². The molecule has 162 valence electrons. The minimum Gasteiger partial charge on any atom is -0.376 e. The summed E-state index contributed by atoms with van der Waals surface area (Å²) in [6, 6.07) is 18.0. The smallest absolute Gasteiger partial charge is 0.241 e. The Kier molecular flexibility index (Phi) is 5.41. The van der Waals surface area contributed by atoms with Gasteiger partial charge in [0.25, 0.3) is 0 Å². The highest BCUT2D eigenvalue weighted by Gasteiger charge is 2.24. The number of rotatable bonds is 5. The molecule has 0 bridgehead atoms. The van der Waals surface area contributed by atoms with Crippen LogP contribution in [-0.2, 0) is 4.79 Å². The van der Waals surface area contributed by atoms with Gasteiger partial charge in [-0.2, -0.15) is 5.10 Å². The lowest BCUT2D eigenvalue weighted by Gasteiger charge is -2.35. The van der Waals surface area contributed by atoms with Crippen molar-refractivity contribution in [3.8, 4) is 5.69 Å². The second-order valence-corrected chi connectivity index (χ2v) is 7.91. The summed E-state index contributed by atoms with van der Waals surface area (Å²) in [5.41, 5.74) is 3.90. The number of nitrogens with one attached hydrogen (secondary N) is 1. The molecule has 1 saturated heterocycles. The van der Waals surface area contributed by atoms with Crippen LogP contribution >= 0.6 is 0 Å². The van der Waals surface area contributed by atoms with Crippen molar-refractivity contribution in [3.05, 3.63) is 72.7 Å². The van der Waals surface area contributed by atoms with Crippen molar-refractivity contribution >= 4 is 28.4 Å². The summed E-state index contributed by atoms with van der Waals surface area (Å²) >= 11 is 0. The number of amides is 1. The highest BCUT2D eigenvalue weighted by Crippen LogP contribution is 2.25. The molecule has 0 unspecified atom stereocenters. The van der Waals surface area contributed by atoms with Gasteiger partial charge in [-0.15, -0.1) is 0 Å². The van der Waals surface area contributed by atoms with Gasteiger partial charge in [0.1, 0.15) is 12.1 Å². The molecule has 2 aromatic heterocycles. The van der Waals surface area contributed by atoms with Crippen molar-refractivity contribution in [1.82, 2.24) is 24.6 Å². The lowest BCUT2D eigenvalue weighted by atomic mass is 10.2. The third-order valence-corrected chi connectivity index (χ3v) is 5.77. The highest BCUT2D eigenvalue weighted by atomic mass is 16.2. The first-order valence-corrected chi connectivity index (χ1v) is 10.8. The first kappa shape index (κ1) is 20.0. The number of para-hydroxylation sites is 1. The molecule has 0 radical (unpaired) electrons. The molecule has 4 aromatic rings. The Balaban J connectivity index is 1.25. The van der Waals surface area contributed by atoms with Gasteiger partial charge in [0.2, 0.25) is 5.91 Å². The number of benzene rings is 2. The standard InChI is InChI=1S/C24H25N7O/c1-18-7-9-19(10-8-18)25-16-22(32)29-11-13-30(14-12-29)23-21-15-28-31(24(21)27-17-26-23)20-5-3-2-4-6-20/h2-10,15,17,25H,11-14,16H2,1H3. The minimum absolute atomic E-state index is 0.106. The molecule has 1 aliphatic rings. The molecule has 1 amide bonds. The van der Waals surface area contributed by atoms with E-state index in [2.05, 4.69) is 25.3 Å². The SMILES string of the molecule is Cc1ccc(NCC(=O)N2CCN(c3ncnc4c3cnn4-c3ccccc3)CC2)cc1. The van der Waals surface area contributed by atoms with Gasteiger partial charge in [-0.05, 0) is 31.2 Å². The fraction of sp³-hybridized carbons (Fsp3) is 0.250. The first-order valence-electron chi connectivity index (χ1n) is 10.8. The summed E-state index contributed by atoms with van der Waals surface area (Å²) in [6.07, 6.45) is 3.41. The number of fused-ring (bicyclic) bond motifs is 1. The molecule has 32 heavy (non-hydrogen) atoms. The summed E-state index contributed by atoms with van der Waals surface area (Å²) in [4.78, 5) is 25.8. The van der Waals surface area contributed by atoms with Crippen LogP contribution in [0.1, 0.15) is 5.56 Å². The fourth-order valence-corrected chi connectivity index (χ4v) is 3.97. The number of hydrogen-bond donors (Lipinski definition) is 1. The van der Waals surface area contributed by atoms with Gasteiger partial charge in [-0.1, -0.05) is 35.9 Å². The van der Waals surface area contributed by atoms with Gasteiger partial charge < -0.3 is 15.1 Å². The van der Waals surface area contributed by atoms with Gasteiger partial charge in [0.05, 0.1) is 23.8 Å². The van der Waals surface area contributed by atoms with Crippen molar-refractivity contribution in [2.24, 2.45) is 0 Å². The van der Waals surface area contributed by atoms with Crippen LogP contribution in [0.15, 0.2) is 67.1 Å². The van der Waals surface area contributed by atoms with Crippen LogP contribution in [0, 0.1) is 6.92 Å². The molecular formula is C24H25N7O. The van der Waals surface area contributed by atoms with E-state index in [1.54, 1.807) is 6.33 Å². The lowest BCUT2D eigenvalue weighted by molar-refractivity contribution is -0.129. The molecular weight excluding hydrogens is 402 g/mol. The van der Waals surface area contributed by atoms with Gasteiger partial charge in [0, 0.05) is 31.9 Å². The predicted molar refractivity (Wildman–Crippen MR) is 125 cm³/mol. The van der Waals surface area contributed by atoms with E-state index in [1.807, 2.05) is 77.3 Å². The summed E-state index contributed by atoms with van der Waals surface area (Å²) in [6.45, 7) is 5.11. The summed E-state index contributed by atoms with van der Waals surface area (Å²) in [7, 11) is 0. The largest absolute Gasteiger partial charge is 0.376 e. The molecule has 0 atom stereocenters. The molecule has 3 heterocycles. The van der Waals surface area contributed by atoms with E-state index in [-0.39, 0.29) is 5.91 Å². The molecule has 0 saturated carbocycles. The zero-order valence-electron chi connectivity index (χ0n) is 18.0. The molecule has 1 N–H and O–H groups in total. The van der Waals surface area contributed by atoms with Crippen molar-refractivity contribution < 1.29 is 4.79 Å². The molecule has 5 rings (SSSR count). The summed E-state index contributed by atoms with van der Waals surface area (Å²) in [5.74, 6) is 0.969. The highest BCUT2D eigenvalue weighted by molar-refractivity contribution is 5.88. The van der Waals surface area contributed by atoms with E-state index < -0.39 is 0 Å². The maximum atomic E-state index is 12.7. The van der Waals surface area contributed by atoms with Crippen molar-refractivity contribution in [3.63, 3.8) is 0 Å². The monoisotopic (exact) mass is 427 g/mol. The number of anilines is 2. The molecule has 0 spiro atoms. The van der Waals surface area contributed by atoms with Crippen LogP contribution in [-0.4, -0.2) is 63.3 Å². The quantitative estimate of drug-likeness (QED) is 0.528. The number of hydrogen-bond acceptors (Lipinski definition) is 6. The predicted octanol–water partition coefficient (Wildman–Crippen LogP) is 2.88. The molecule has 1 aliphatic heterocycles. The number of carbonyl (C=O) groups excluding carboxylic acids is 1. The molecule has 8 nitrogen and oxygen atoms in total. The van der Waals surface area contributed by atoms with Crippen LogP contribution in [0.25, 0.3) is 16.7 Å². The van der Waals surface area contributed by atoms with Gasteiger partial charge in [-0.3, -0.25) is 4.79 Å². The molecule has 8 heteroatoms. The number of aromatic nitrogens is 4. The first-order chi connectivity index (χ1) is 15.7. The normalized spacial score (nSPS) is 14.0. The van der Waals surface area contributed by atoms with E-state index in [0.717, 1.165) is 41.3 Å². The number of aryl methyl sites for hydroxylation is 1. The molecule has 0 aliphatic carbocycles. The molecule has 1 fully saturated rings. The Morgan fingerprint density at radius 2 is 1.72 bits per heavy atom. The van der Waals surface area contributed by atoms with Crippen LogP contribution in [0.3, 0.4) is 0 Å². The Morgan fingerprint density at radius 1 is 0.969 bits per heavy atom. The second-order valence-electron chi connectivity index (χ2n) is 7.91. The lowest BCUT2D eigenvalue weighted by Crippen LogP contribution is -2.50. The fourth-order valence-electron chi connectivity index (χ4n) is 3.97. The third kappa shape index (κ3) is 3.99.